The predicted octanol–water partition coefficient (Wildman–Crippen LogP) is 5.80. The van der Waals surface area contributed by atoms with Gasteiger partial charge in [-0.1, -0.05) is 18.2 Å². The number of anilines is 1. The molecule has 4 aromatic rings. The average molecular weight is 541 g/mol. The van der Waals surface area contributed by atoms with E-state index < -0.39 is 12.1 Å². The molecular formula is C32H30F2N4O2. The van der Waals surface area contributed by atoms with Gasteiger partial charge in [0.1, 0.15) is 11.6 Å². The first-order valence-corrected chi connectivity index (χ1v) is 13.1. The van der Waals surface area contributed by atoms with Crippen LogP contribution in [0.15, 0.2) is 84.0 Å². The molecular weight excluding hydrogens is 510 g/mol. The number of rotatable bonds is 7. The predicted molar refractivity (Wildman–Crippen MR) is 152 cm³/mol. The van der Waals surface area contributed by atoms with Crippen LogP contribution in [-0.2, 0) is 12.8 Å². The number of amides is 1. The zero-order chi connectivity index (χ0) is 28.2. The van der Waals surface area contributed by atoms with Crippen molar-refractivity contribution in [2.24, 2.45) is 4.99 Å². The number of amidine groups is 1. The fourth-order valence-electron chi connectivity index (χ4n) is 4.95. The van der Waals surface area contributed by atoms with Crippen molar-refractivity contribution in [3.63, 3.8) is 0 Å². The Labute approximate surface area is 231 Å². The second-order valence-corrected chi connectivity index (χ2v) is 10.00. The Kier molecular flexibility index (Phi) is 7.98. The van der Waals surface area contributed by atoms with Crippen molar-refractivity contribution in [3.05, 3.63) is 118 Å². The number of hydrogen-bond donors (Lipinski definition) is 3. The SMILES string of the molecule is CC(=NCCc1ccc(F)cc1)Nc1ccc2c(c1)[C@@H](NC(=O)c1ccc(-c3ccc(F)cc3C)nc1)[C@H](O)C2. The molecule has 40 heavy (non-hydrogen) atoms. The highest BCUT2D eigenvalue weighted by Gasteiger charge is 2.32. The third-order valence-corrected chi connectivity index (χ3v) is 7.06. The smallest absolute Gasteiger partial charge is 0.253 e. The minimum absolute atomic E-state index is 0.257. The Morgan fingerprint density at radius 1 is 1.02 bits per heavy atom. The Morgan fingerprint density at radius 2 is 1.80 bits per heavy atom. The summed E-state index contributed by atoms with van der Waals surface area (Å²) in [6, 6.07) is 19.5. The van der Waals surface area contributed by atoms with E-state index in [1.807, 2.05) is 32.0 Å². The summed E-state index contributed by atoms with van der Waals surface area (Å²) in [5.74, 6) is -0.185. The fraction of sp³-hybridized carbons (Fsp3) is 0.219. The lowest BCUT2D eigenvalue weighted by atomic mass is 10.0. The van der Waals surface area contributed by atoms with E-state index in [-0.39, 0.29) is 17.5 Å². The van der Waals surface area contributed by atoms with Crippen LogP contribution in [0.5, 0.6) is 0 Å². The van der Waals surface area contributed by atoms with Gasteiger partial charge >= 0.3 is 0 Å². The fourth-order valence-corrected chi connectivity index (χ4v) is 4.95. The van der Waals surface area contributed by atoms with Gasteiger partial charge in [0.25, 0.3) is 5.91 Å². The van der Waals surface area contributed by atoms with Crippen molar-refractivity contribution in [2.75, 3.05) is 11.9 Å². The summed E-state index contributed by atoms with van der Waals surface area (Å²) in [4.78, 5) is 22.0. The maximum atomic E-state index is 13.5. The molecule has 8 heteroatoms. The number of benzene rings is 3. The van der Waals surface area contributed by atoms with Crippen LogP contribution in [0.25, 0.3) is 11.3 Å². The molecule has 3 aromatic carbocycles. The molecule has 0 aliphatic heterocycles. The van der Waals surface area contributed by atoms with Gasteiger partial charge in [-0.3, -0.25) is 14.8 Å². The lowest BCUT2D eigenvalue weighted by Gasteiger charge is -2.19. The zero-order valence-electron chi connectivity index (χ0n) is 22.3. The van der Waals surface area contributed by atoms with Crippen LogP contribution >= 0.6 is 0 Å². The van der Waals surface area contributed by atoms with E-state index in [9.17, 15) is 18.7 Å². The summed E-state index contributed by atoms with van der Waals surface area (Å²) in [5.41, 5.74) is 6.18. The van der Waals surface area contributed by atoms with Crippen LogP contribution in [0.3, 0.4) is 0 Å². The third-order valence-electron chi connectivity index (χ3n) is 7.06. The van der Waals surface area contributed by atoms with Crippen LogP contribution in [0, 0.1) is 18.6 Å². The highest BCUT2D eigenvalue weighted by Crippen LogP contribution is 2.34. The molecule has 5 rings (SSSR count). The minimum Gasteiger partial charge on any atom is -0.390 e. The third kappa shape index (κ3) is 6.24. The second kappa shape index (κ2) is 11.8. The Hall–Kier alpha value is -4.43. The summed E-state index contributed by atoms with van der Waals surface area (Å²) < 4.78 is 26.5. The monoisotopic (exact) mass is 540 g/mol. The number of nitrogens with zero attached hydrogens (tertiary/aromatic N) is 2. The van der Waals surface area contributed by atoms with Crippen molar-refractivity contribution >= 4 is 17.4 Å². The number of aromatic nitrogens is 1. The standard InChI is InChI=1S/C32H30F2N4O2/c1-19-15-25(34)9-11-27(19)29-12-6-23(18-36-29)32(40)38-31-28-17-26(10-5-22(28)16-30(31)39)37-20(2)35-14-13-21-3-7-24(33)8-4-21/h3-12,15,17-18,30-31,39H,13-14,16H2,1-2H3,(H,35,37)(H,38,40)/t30-,31-/m1/s1. The number of aryl methyl sites for hydroxylation is 1. The van der Waals surface area contributed by atoms with Gasteiger partial charge in [0, 0.05) is 30.4 Å². The van der Waals surface area contributed by atoms with Crippen molar-refractivity contribution in [1.82, 2.24) is 10.3 Å². The number of halogens is 2. The van der Waals surface area contributed by atoms with E-state index in [0.717, 1.165) is 39.3 Å². The summed E-state index contributed by atoms with van der Waals surface area (Å²) in [6.07, 6.45) is 1.86. The quantitative estimate of drug-likeness (QED) is 0.204. The van der Waals surface area contributed by atoms with E-state index in [2.05, 4.69) is 20.6 Å². The van der Waals surface area contributed by atoms with Crippen molar-refractivity contribution in [3.8, 4) is 11.3 Å². The van der Waals surface area contributed by atoms with E-state index in [1.54, 1.807) is 30.3 Å². The second-order valence-electron chi connectivity index (χ2n) is 10.00. The molecule has 6 nitrogen and oxygen atoms in total. The van der Waals surface area contributed by atoms with Crippen LogP contribution in [0.4, 0.5) is 14.5 Å². The maximum absolute atomic E-state index is 13.5. The van der Waals surface area contributed by atoms with Crippen LogP contribution in [0.1, 0.15) is 45.6 Å². The highest BCUT2D eigenvalue weighted by atomic mass is 19.1. The van der Waals surface area contributed by atoms with Crippen molar-refractivity contribution in [1.29, 1.82) is 0 Å². The number of aliphatic hydroxyl groups excluding tert-OH is 1. The molecule has 0 saturated heterocycles. The topological polar surface area (TPSA) is 86.6 Å². The van der Waals surface area contributed by atoms with E-state index in [4.69, 9.17) is 0 Å². The number of aliphatic imine (C=N–C) groups is 1. The maximum Gasteiger partial charge on any atom is 0.253 e. The largest absolute Gasteiger partial charge is 0.390 e. The lowest BCUT2D eigenvalue weighted by Crippen LogP contribution is -2.34. The number of fused-ring (bicyclic) bond motifs is 1. The zero-order valence-corrected chi connectivity index (χ0v) is 22.3. The first kappa shape index (κ1) is 27.1. The molecule has 1 heterocycles. The highest BCUT2D eigenvalue weighted by molar-refractivity contribution is 5.95. The Bertz CT molecular complexity index is 1550. The number of aliphatic hydroxyl groups is 1. The summed E-state index contributed by atoms with van der Waals surface area (Å²) >= 11 is 0. The van der Waals surface area contributed by atoms with E-state index in [0.29, 0.717) is 30.6 Å². The molecule has 0 spiro atoms. The van der Waals surface area contributed by atoms with Crippen molar-refractivity contribution < 1.29 is 18.7 Å². The molecule has 3 N–H and O–H groups in total. The Morgan fingerprint density at radius 3 is 2.52 bits per heavy atom. The molecule has 1 amide bonds. The molecule has 1 aliphatic rings. The molecule has 0 bridgehead atoms. The molecule has 0 saturated carbocycles. The minimum atomic E-state index is -0.756. The van der Waals surface area contributed by atoms with Gasteiger partial charge in [-0.15, -0.1) is 0 Å². The van der Waals surface area contributed by atoms with Gasteiger partial charge in [0.2, 0.25) is 0 Å². The molecule has 204 valence electrons. The van der Waals surface area contributed by atoms with Gasteiger partial charge in [-0.05, 0) is 97.1 Å². The summed E-state index contributed by atoms with van der Waals surface area (Å²) in [6.45, 7) is 4.24. The molecule has 1 aromatic heterocycles. The van der Waals surface area contributed by atoms with Crippen molar-refractivity contribution in [2.45, 2.75) is 38.8 Å². The molecule has 2 atom stereocenters. The molecule has 0 unspecified atom stereocenters. The molecule has 0 radical (unpaired) electrons. The summed E-state index contributed by atoms with van der Waals surface area (Å²) in [5, 5.41) is 17.0. The lowest BCUT2D eigenvalue weighted by molar-refractivity contribution is 0.0858. The number of hydrogen-bond acceptors (Lipinski definition) is 4. The van der Waals surface area contributed by atoms with Gasteiger partial charge < -0.3 is 15.7 Å². The van der Waals surface area contributed by atoms with Crippen LogP contribution in [0.2, 0.25) is 0 Å². The number of nitrogens with one attached hydrogen (secondary N) is 2. The summed E-state index contributed by atoms with van der Waals surface area (Å²) in [7, 11) is 0. The average Bonchev–Trinajstić information content (AvgIpc) is 3.24. The molecule has 0 fully saturated rings. The molecule has 1 aliphatic carbocycles. The van der Waals surface area contributed by atoms with Gasteiger partial charge in [0.15, 0.2) is 0 Å². The number of pyridine rings is 1. The first-order chi connectivity index (χ1) is 19.3. The van der Waals surface area contributed by atoms with E-state index >= 15 is 0 Å². The van der Waals surface area contributed by atoms with Crippen LogP contribution < -0.4 is 10.6 Å². The van der Waals surface area contributed by atoms with Crippen LogP contribution in [-0.4, -0.2) is 34.5 Å². The van der Waals surface area contributed by atoms with Gasteiger partial charge in [-0.2, -0.15) is 0 Å². The normalized spacial score (nSPS) is 16.5. The number of carbonyl (C=O) groups excluding carboxylic acids is 1. The van der Waals surface area contributed by atoms with Gasteiger partial charge in [0.05, 0.1) is 29.2 Å². The van der Waals surface area contributed by atoms with Gasteiger partial charge in [-0.25, -0.2) is 8.78 Å². The first-order valence-electron chi connectivity index (χ1n) is 13.1. The van der Waals surface area contributed by atoms with E-state index in [1.165, 1.54) is 30.5 Å². The Balaban J connectivity index is 1.24. The number of carbonyl (C=O) groups is 1.